The first-order valence-corrected chi connectivity index (χ1v) is 7.75. The fourth-order valence-corrected chi connectivity index (χ4v) is 2.93. The van der Waals surface area contributed by atoms with Gasteiger partial charge < -0.3 is 20.6 Å². The highest BCUT2D eigenvalue weighted by molar-refractivity contribution is 6.01. The van der Waals surface area contributed by atoms with Gasteiger partial charge in [-0.05, 0) is 45.3 Å². The number of rotatable bonds is 7. The van der Waals surface area contributed by atoms with E-state index in [1.807, 2.05) is 6.92 Å². The second kappa shape index (κ2) is 7.72. The predicted octanol–water partition coefficient (Wildman–Crippen LogP) is -0.779. The van der Waals surface area contributed by atoms with Crippen molar-refractivity contribution in [2.45, 2.75) is 25.9 Å². The van der Waals surface area contributed by atoms with E-state index >= 15 is 0 Å². The molecule has 1 atom stereocenters. The van der Waals surface area contributed by atoms with Gasteiger partial charge in [0, 0.05) is 19.6 Å². The minimum Gasteiger partial charge on any atom is -0.392 e. The number of aliphatic hydroxyl groups is 1. The molecule has 0 aromatic carbocycles. The van der Waals surface area contributed by atoms with Crippen molar-refractivity contribution in [2.75, 3.05) is 45.8 Å². The van der Waals surface area contributed by atoms with Gasteiger partial charge in [0.1, 0.15) is 0 Å². The summed E-state index contributed by atoms with van der Waals surface area (Å²) in [7, 11) is 0. The number of amides is 3. The Kier molecular flexibility index (Phi) is 5.96. The highest BCUT2D eigenvalue weighted by atomic mass is 16.3. The molecule has 2 rings (SSSR count). The number of nitrogens with one attached hydrogen (secondary N) is 2. The normalized spacial score (nSPS) is 22.7. The third-order valence-corrected chi connectivity index (χ3v) is 4.11. The second-order valence-electron chi connectivity index (χ2n) is 6.00. The fourth-order valence-electron chi connectivity index (χ4n) is 2.93. The molecule has 0 spiro atoms. The van der Waals surface area contributed by atoms with Crippen LogP contribution in [0.2, 0.25) is 0 Å². The number of aliphatic hydroxyl groups excluding tert-OH is 1. The van der Waals surface area contributed by atoms with Gasteiger partial charge in [0.2, 0.25) is 5.91 Å². The van der Waals surface area contributed by atoms with Crippen LogP contribution >= 0.6 is 0 Å². The lowest BCUT2D eigenvalue weighted by molar-refractivity contribution is -0.124. The van der Waals surface area contributed by atoms with Gasteiger partial charge in [-0.2, -0.15) is 0 Å². The van der Waals surface area contributed by atoms with Gasteiger partial charge in [-0.25, -0.2) is 4.79 Å². The summed E-state index contributed by atoms with van der Waals surface area (Å²) in [5.41, 5.74) is 0. The Morgan fingerprint density at radius 3 is 2.67 bits per heavy atom. The molecule has 0 radical (unpaired) electrons. The lowest BCUT2D eigenvalue weighted by Crippen LogP contribution is -2.42. The van der Waals surface area contributed by atoms with E-state index in [1.54, 1.807) is 0 Å². The topological polar surface area (TPSA) is 84.9 Å². The Bertz CT molecular complexity index is 351. The number of carbonyl (C=O) groups excluding carboxylic acids is 2. The van der Waals surface area contributed by atoms with Crippen molar-refractivity contribution in [3.8, 4) is 0 Å². The second-order valence-corrected chi connectivity index (χ2v) is 6.00. The first kappa shape index (κ1) is 16.2. The number of likely N-dealkylation sites (tertiary alicyclic amines) is 1. The van der Waals surface area contributed by atoms with E-state index in [2.05, 4.69) is 15.5 Å². The lowest BCUT2D eigenvalue weighted by Gasteiger charge is -2.32. The Labute approximate surface area is 125 Å². The number of hydrogen-bond donors (Lipinski definition) is 3. The molecule has 0 aromatic heterocycles. The van der Waals surface area contributed by atoms with Gasteiger partial charge in [-0.3, -0.25) is 9.69 Å². The zero-order chi connectivity index (χ0) is 15.2. The molecule has 2 aliphatic heterocycles. The van der Waals surface area contributed by atoms with E-state index in [4.69, 9.17) is 0 Å². The maximum atomic E-state index is 11.4. The van der Waals surface area contributed by atoms with Crippen molar-refractivity contribution in [2.24, 2.45) is 5.92 Å². The standard InChI is InChI=1S/C14H26N4O3/c1-11(19)10-17-5-2-12(3-6-17)8-15-4-7-18-13(20)9-16-14(18)21/h11-12,15,19H,2-10H2,1H3,(H,16,21). The minimum absolute atomic E-state index is 0.126. The number of urea groups is 1. The number of imide groups is 1. The van der Waals surface area contributed by atoms with Crippen LogP contribution in [0.3, 0.4) is 0 Å². The van der Waals surface area contributed by atoms with E-state index in [0.717, 1.165) is 39.0 Å². The first-order valence-electron chi connectivity index (χ1n) is 7.75. The number of nitrogens with zero attached hydrogens (tertiary/aromatic N) is 2. The molecule has 0 aliphatic carbocycles. The molecular formula is C14H26N4O3. The van der Waals surface area contributed by atoms with Crippen molar-refractivity contribution < 1.29 is 14.7 Å². The number of hydrogen-bond acceptors (Lipinski definition) is 5. The molecule has 0 aromatic rings. The SMILES string of the molecule is CC(O)CN1CCC(CNCCN2C(=O)CNC2=O)CC1. The van der Waals surface area contributed by atoms with Crippen molar-refractivity contribution >= 4 is 11.9 Å². The molecule has 120 valence electrons. The van der Waals surface area contributed by atoms with Crippen molar-refractivity contribution in [1.29, 1.82) is 0 Å². The maximum Gasteiger partial charge on any atom is 0.324 e. The monoisotopic (exact) mass is 298 g/mol. The van der Waals surface area contributed by atoms with Gasteiger partial charge in [0.05, 0.1) is 12.6 Å². The molecule has 7 heteroatoms. The van der Waals surface area contributed by atoms with Crippen LogP contribution in [0.25, 0.3) is 0 Å². The van der Waals surface area contributed by atoms with E-state index < -0.39 is 0 Å². The van der Waals surface area contributed by atoms with Gasteiger partial charge in [0.25, 0.3) is 0 Å². The summed E-state index contributed by atoms with van der Waals surface area (Å²) in [6.07, 6.45) is 2.00. The molecule has 2 saturated heterocycles. The van der Waals surface area contributed by atoms with Crippen LogP contribution in [0, 0.1) is 5.92 Å². The summed E-state index contributed by atoms with van der Waals surface area (Å²) in [4.78, 5) is 26.3. The number of piperidine rings is 1. The Balaban J connectivity index is 1.56. The molecule has 2 heterocycles. The summed E-state index contributed by atoms with van der Waals surface area (Å²) in [5, 5.41) is 15.2. The fraction of sp³-hybridized carbons (Fsp3) is 0.857. The average molecular weight is 298 g/mol. The van der Waals surface area contributed by atoms with Crippen LogP contribution in [-0.4, -0.2) is 78.8 Å². The van der Waals surface area contributed by atoms with Gasteiger partial charge in [-0.1, -0.05) is 0 Å². The third kappa shape index (κ3) is 4.94. The molecule has 2 aliphatic rings. The van der Waals surface area contributed by atoms with Crippen LogP contribution in [-0.2, 0) is 4.79 Å². The molecule has 0 saturated carbocycles. The molecule has 0 bridgehead atoms. The molecule has 7 nitrogen and oxygen atoms in total. The molecule has 21 heavy (non-hydrogen) atoms. The quantitative estimate of drug-likeness (QED) is 0.424. The van der Waals surface area contributed by atoms with E-state index in [0.29, 0.717) is 19.0 Å². The number of β-amino-alcohol motifs (C(OH)–C–C–N with tert-alkyl or cyclic N) is 1. The Morgan fingerprint density at radius 2 is 2.10 bits per heavy atom. The molecule has 1 unspecified atom stereocenters. The average Bonchev–Trinajstić information content (AvgIpc) is 2.76. The summed E-state index contributed by atoms with van der Waals surface area (Å²) in [6.45, 7) is 6.77. The predicted molar refractivity (Wildman–Crippen MR) is 78.8 cm³/mol. The van der Waals surface area contributed by atoms with E-state index in [9.17, 15) is 14.7 Å². The van der Waals surface area contributed by atoms with Gasteiger partial charge in [-0.15, -0.1) is 0 Å². The molecule has 3 amide bonds. The van der Waals surface area contributed by atoms with Gasteiger partial charge >= 0.3 is 6.03 Å². The van der Waals surface area contributed by atoms with Crippen LogP contribution < -0.4 is 10.6 Å². The zero-order valence-electron chi connectivity index (χ0n) is 12.7. The van der Waals surface area contributed by atoms with Crippen molar-refractivity contribution in [3.05, 3.63) is 0 Å². The van der Waals surface area contributed by atoms with Crippen LogP contribution in [0.5, 0.6) is 0 Å². The maximum absolute atomic E-state index is 11.4. The highest BCUT2D eigenvalue weighted by Gasteiger charge is 2.27. The Hall–Kier alpha value is -1.18. The molecule has 2 fully saturated rings. The van der Waals surface area contributed by atoms with Crippen molar-refractivity contribution in [3.63, 3.8) is 0 Å². The summed E-state index contributed by atoms with van der Waals surface area (Å²) in [5.74, 6) is 0.492. The summed E-state index contributed by atoms with van der Waals surface area (Å²) < 4.78 is 0. The summed E-state index contributed by atoms with van der Waals surface area (Å²) >= 11 is 0. The molecule has 3 N–H and O–H groups in total. The third-order valence-electron chi connectivity index (χ3n) is 4.11. The smallest absolute Gasteiger partial charge is 0.324 e. The first-order chi connectivity index (χ1) is 10.1. The number of carbonyl (C=O) groups is 2. The Morgan fingerprint density at radius 1 is 1.38 bits per heavy atom. The lowest BCUT2D eigenvalue weighted by atomic mass is 9.96. The van der Waals surface area contributed by atoms with Crippen LogP contribution in [0.4, 0.5) is 4.79 Å². The molecular weight excluding hydrogens is 272 g/mol. The van der Waals surface area contributed by atoms with Gasteiger partial charge in [0.15, 0.2) is 0 Å². The van der Waals surface area contributed by atoms with Crippen molar-refractivity contribution in [1.82, 2.24) is 20.4 Å². The largest absolute Gasteiger partial charge is 0.392 e. The van der Waals surface area contributed by atoms with E-state index in [1.165, 1.54) is 4.90 Å². The highest BCUT2D eigenvalue weighted by Crippen LogP contribution is 2.16. The summed E-state index contributed by atoms with van der Waals surface area (Å²) in [6, 6.07) is -0.284. The minimum atomic E-state index is -0.284. The zero-order valence-corrected chi connectivity index (χ0v) is 12.7. The van der Waals surface area contributed by atoms with E-state index in [-0.39, 0.29) is 24.6 Å². The van der Waals surface area contributed by atoms with Crippen LogP contribution in [0.1, 0.15) is 19.8 Å². The van der Waals surface area contributed by atoms with Crippen LogP contribution in [0.15, 0.2) is 0 Å².